The van der Waals surface area contributed by atoms with Crippen LogP contribution >= 0.6 is 24.2 Å². The molecule has 3 rings (SSSR count). The molecule has 2 aliphatic heterocycles. The van der Waals surface area contributed by atoms with Crippen molar-refractivity contribution in [3.8, 4) is 0 Å². The maximum atomic E-state index is 12.7. The molecule has 0 bridgehead atoms. The topological polar surface area (TPSA) is 69.7 Å². The van der Waals surface area contributed by atoms with Gasteiger partial charge in [-0.25, -0.2) is 0 Å². The lowest BCUT2D eigenvalue weighted by atomic mass is 10.1. The molecule has 0 saturated carbocycles. The smallest absolute Gasteiger partial charge is 0.289 e. The van der Waals surface area contributed by atoms with Gasteiger partial charge in [0.05, 0.1) is 12.3 Å². The zero-order valence-corrected chi connectivity index (χ0v) is 15.7. The van der Waals surface area contributed by atoms with Crippen molar-refractivity contribution in [3.63, 3.8) is 0 Å². The number of nitrogens with one attached hydrogen (secondary N) is 1. The Balaban J connectivity index is 0.00000225. The van der Waals surface area contributed by atoms with E-state index in [9.17, 15) is 14.4 Å². The third kappa shape index (κ3) is 4.54. The molecule has 2 aliphatic rings. The van der Waals surface area contributed by atoms with Crippen molar-refractivity contribution in [2.45, 2.75) is 13.0 Å². The summed E-state index contributed by atoms with van der Waals surface area (Å²) in [5.41, 5.74) is 1.42. The van der Waals surface area contributed by atoms with Gasteiger partial charge in [-0.2, -0.15) is 0 Å². The first-order valence-electron chi connectivity index (χ1n) is 8.08. The highest BCUT2D eigenvalue weighted by Crippen LogP contribution is 2.23. The van der Waals surface area contributed by atoms with Gasteiger partial charge in [0.25, 0.3) is 11.1 Å². The average Bonchev–Trinajstić information content (AvgIpc) is 3.17. The lowest BCUT2D eigenvalue weighted by molar-refractivity contribution is -0.125. The Morgan fingerprint density at radius 2 is 2.16 bits per heavy atom. The molecule has 0 spiro atoms. The van der Waals surface area contributed by atoms with E-state index in [1.165, 1.54) is 4.90 Å². The summed E-state index contributed by atoms with van der Waals surface area (Å²) in [5, 5.41) is 2.94. The molecule has 1 atom stereocenters. The molecule has 1 unspecified atom stereocenters. The van der Waals surface area contributed by atoms with Gasteiger partial charge in [-0.15, -0.1) is 12.4 Å². The van der Waals surface area contributed by atoms with Crippen LogP contribution in [0.5, 0.6) is 0 Å². The number of hydrogen-bond donors (Lipinski definition) is 1. The highest BCUT2D eigenvalue weighted by atomic mass is 35.5. The van der Waals surface area contributed by atoms with Gasteiger partial charge in [-0.1, -0.05) is 23.9 Å². The van der Waals surface area contributed by atoms with Gasteiger partial charge in [0.15, 0.2) is 0 Å². The maximum Gasteiger partial charge on any atom is 0.289 e. The Hall–Kier alpha value is -1.57. The van der Waals surface area contributed by atoms with Gasteiger partial charge in [0.2, 0.25) is 5.91 Å². The van der Waals surface area contributed by atoms with Gasteiger partial charge in [0.1, 0.15) is 0 Å². The number of likely N-dealkylation sites (tertiary alicyclic amines) is 1. The predicted octanol–water partition coefficient (Wildman–Crippen LogP) is 1.99. The Bertz CT molecular complexity index is 654. The van der Waals surface area contributed by atoms with Crippen LogP contribution in [0.4, 0.5) is 4.79 Å². The highest BCUT2D eigenvalue weighted by Gasteiger charge is 2.30. The summed E-state index contributed by atoms with van der Waals surface area (Å²) in [6, 6.07) is 7.23. The van der Waals surface area contributed by atoms with Crippen LogP contribution < -0.4 is 5.32 Å². The molecule has 1 aromatic rings. The molecule has 0 radical (unpaired) electrons. The standard InChI is InChI=1S/C17H21N3O3S.ClH/c1-18-8-13-5-6-19(9-13)16(22)14-4-2-3-12(7-14)10-20-15(21)11-24-17(20)23;/h2-4,7,13,18H,5-6,8-11H2,1H3;1H. The summed E-state index contributed by atoms with van der Waals surface area (Å²) in [4.78, 5) is 39.2. The van der Waals surface area contributed by atoms with Crippen molar-refractivity contribution in [3.05, 3.63) is 35.4 Å². The zero-order chi connectivity index (χ0) is 17.1. The molecule has 0 aromatic heterocycles. The largest absolute Gasteiger partial charge is 0.338 e. The molecule has 0 aliphatic carbocycles. The fourth-order valence-corrected chi connectivity index (χ4v) is 3.90. The molecule has 3 amide bonds. The summed E-state index contributed by atoms with van der Waals surface area (Å²) >= 11 is 1.02. The monoisotopic (exact) mass is 383 g/mol. The number of nitrogens with zero attached hydrogens (tertiary/aromatic N) is 2. The summed E-state index contributed by atoms with van der Waals surface area (Å²) in [6.45, 7) is 2.69. The van der Waals surface area contributed by atoms with Crippen LogP contribution in [0.3, 0.4) is 0 Å². The second-order valence-electron chi connectivity index (χ2n) is 6.20. The van der Waals surface area contributed by atoms with Crippen LogP contribution in [0.25, 0.3) is 0 Å². The van der Waals surface area contributed by atoms with E-state index in [0.717, 1.165) is 43.4 Å². The second-order valence-corrected chi connectivity index (χ2v) is 7.12. The van der Waals surface area contributed by atoms with E-state index in [2.05, 4.69) is 5.32 Å². The van der Waals surface area contributed by atoms with Crippen LogP contribution in [-0.4, -0.2) is 59.3 Å². The molecule has 6 nitrogen and oxygen atoms in total. The first-order chi connectivity index (χ1) is 11.6. The van der Waals surface area contributed by atoms with Gasteiger partial charge < -0.3 is 10.2 Å². The molecule has 2 fully saturated rings. The molecular weight excluding hydrogens is 362 g/mol. The van der Waals surface area contributed by atoms with Gasteiger partial charge in [0, 0.05) is 18.7 Å². The first kappa shape index (κ1) is 19.8. The SMILES string of the molecule is CNCC1CCN(C(=O)c2cccc(CN3C(=O)CSC3=O)c2)C1.Cl. The Morgan fingerprint density at radius 1 is 1.36 bits per heavy atom. The van der Waals surface area contributed by atoms with Gasteiger partial charge >= 0.3 is 0 Å². The van der Waals surface area contributed by atoms with Crippen molar-refractivity contribution in [2.24, 2.45) is 5.92 Å². The molecule has 1 N–H and O–H groups in total. The van der Waals surface area contributed by atoms with Crippen molar-refractivity contribution >= 4 is 41.2 Å². The number of carbonyl (C=O) groups is 3. The number of rotatable bonds is 5. The number of halogens is 1. The number of hydrogen-bond acceptors (Lipinski definition) is 5. The van der Waals surface area contributed by atoms with E-state index in [1.807, 2.05) is 24.1 Å². The van der Waals surface area contributed by atoms with Crippen LogP contribution in [0.1, 0.15) is 22.3 Å². The molecule has 1 aromatic carbocycles. The van der Waals surface area contributed by atoms with Crippen molar-refractivity contribution in [1.82, 2.24) is 15.1 Å². The number of benzene rings is 1. The number of carbonyl (C=O) groups excluding carboxylic acids is 3. The maximum absolute atomic E-state index is 12.7. The minimum absolute atomic E-state index is 0. The van der Waals surface area contributed by atoms with E-state index in [1.54, 1.807) is 12.1 Å². The summed E-state index contributed by atoms with van der Waals surface area (Å²) in [6.07, 6.45) is 1.01. The third-order valence-electron chi connectivity index (χ3n) is 4.42. The third-order valence-corrected chi connectivity index (χ3v) is 5.28. The number of amides is 3. The molecule has 25 heavy (non-hydrogen) atoms. The number of imide groups is 1. The summed E-state index contributed by atoms with van der Waals surface area (Å²) in [7, 11) is 1.92. The lowest BCUT2D eigenvalue weighted by Gasteiger charge is -2.18. The van der Waals surface area contributed by atoms with Gasteiger partial charge in [-0.3, -0.25) is 19.3 Å². The summed E-state index contributed by atoms with van der Waals surface area (Å²) in [5.74, 6) is 0.553. The summed E-state index contributed by atoms with van der Waals surface area (Å²) < 4.78 is 0. The van der Waals surface area contributed by atoms with Crippen LogP contribution in [0, 0.1) is 5.92 Å². The van der Waals surface area contributed by atoms with E-state index in [0.29, 0.717) is 11.5 Å². The van der Waals surface area contributed by atoms with Crippen molar-refractivity contribution in [1.29, 1.82) is 0 Å². The Labute approximate surface area is 157 Å². The van der Waals surface area contributed by atoms with Crippen molar-refractivity contribution < 1.29 is 14.4 Å². The van der Waals surface area contributed by atoms with Crippen molar-refractivity contribution in [2.75, 3.05) is 32.4 Å². The molecule has 8 heteroatoms. The number of thioether (sulfide) groups is 1. The van der Waals surface area contributed by atoms with E-state index >= 15 is 0 Å². The minimum atomic E-state index is -0.217. The Kier molecular flexibility index (Phi) is 6.87. The van der Waals surface area contributed by atoms with E-state index in [-0.39, 0.29) is 41.8 Å². The molecular formula is C17H22ClN3O3S. The zero-order valence-electron chi connectivity index (χ0n) is 14.1. The predicted molar refractivity (Wildman–Crippen MR) is 100 cm³/mol. The normalized spacial score (nSPS) is 20.1. The highest BCUT2D eigenvalue weighted by molar-refractivity contribution is 8.14. The van der Waals surface area contributed by atoms with E-state index < -0.39 is 0 Å². The second kappa shape index (κ2) is 8.69. The fraction of sp³-hybridized carbons (Fsp3) is 0.471. The van der Waals surface area contributed by atoms with E-state index in [4.69, 9.17) is 0 Å². The van der Waals surface area contributed by atoms with Crippen LogP contribution in [-0.2, 0) is 11.3 Å². The van der Waals surface area contributed by atoms with Crippen LogP contribution in [0.2, 0.25) is 0 Å². The fourth-order valence-electron chi connectivity index (χ4n) is 3.17. The van der Waals surface area contributed by atoms with Crippen LogP contribution in [0.15, 0.2) is 24.3 Å². The molecule has 2 saturated heterocycles. The quantitative estimate of drug-likeness (QED) is 0.842. The minimum Gasteiger partial charge on any atom is -0.338 e. The first-order valence-corrected chi connectivity index (χ1v) is 9.07. The average molecular weight is 384 g/mol. The van der Waals surface area contributed by atoms with Gasteiger partial charge in [-0.05, 0) is 43.6 Å². The molecule has 2 heterocycles. The lowest BCUT2D eigenvalue weighted by Crippen LogP contribution is -2.31. The Morgan fingerprint density at radius 3 is 2.84 bits per heavy atom. The molecule has 136 valence electrons.